The number of nitrogens with one attached hydrogen (secondary N) is 1. The molecule has 1 unspecified atom stereocenters. The largest absolute Gasteiger partial charge is 0.473 e. The van der Waals surface area contributed by atoms with E-state index in [1.165, 1.54) is 0 Å². The molecule has 3 N–H and O–H groups in total. The van der Waals surface area contributed by atoms with Crippen molar-refractivity contribution in [1.29, 1.82) is 0 Å². The van der Waals surface area contributed by atoms with Gasteiger partial charge in [0.15, 0.2) is 6.04 Å². The van der Waals surface area contributed by atoms with E-state index in [0.717, 1.165) is 0 Å². The highest BCUT2D eigenvalue weighted by Crippen LogP contribution is 2.21. The summed E-state index contributed by atoms with van der Waals surface area (Å²) in [5.41, 5.74) is 5.85. The first kappa shape index (κ1) is 15.9. The standard InChI is InChI=1S/C13H19N3O4/c1-4-19-13(18)10(14)11(17)16-9-6-5-7-15-12(9)20-8(2)3/h5-8,10H,4,14H2,1-3H3,(H,16,17). The maximum Gasteiger partial charge on any atom is 0.332 e. The molecule has 1 atom stereocenters. The lowest BCUT2D eigenvalue weighted by Crippen LogP contribution is -2.43. The number of carbonyl (C=O) groups excluding carboxylic acids is 2. The molecule has 0 bridgehead atoms. The van der Waals surface area contributed by atoms with Crippen molar-refractivity contribution in [2.45, 2.75) is 32.9 Å². The predicted octanol–water partition coefficient (Wildman–Crippen LogP) is 0.698. The van der Waals surface area contributed by atoms with Gasteiger partial charge in [0, 0.05) is 6.20 Å². The van der Waals surface area contributed by atoms with E-state index in [9.17, 15) is 9.59 Å². The number of nitrogens with zero attached hydrogens (tertiary/aromatic N) is 1. The van der Waals surface area contributed by atoms with Crippen molar-refractivity contribution < 1.29 is 19.1 Å². The fourth-order valence-electron chi connectivity index (χ4n) is 1.35. The summed E-state index contributed by atoms with van der Waals surface area (Å²) in [6.45, 7) is 5.47. The Morgan fingerprint density at radius 2 is 2.15 bits per heavy atom. The molecule has 0 radical (unpaired) electrons. The van der Waals surface area contributed by atoms with Crippen LogP contribution in [0.25, 0.3) is 0 Å². The Bertz CT molecular complexity index is 476. The van der Waals surface area contributed by atoms with Crippen LogP contribution in [0.4, 0.5) is 5.69 Å². The van der Waals surface area contributed by atoms with Crippen LogP contribution in [-0.2, 0) is 14.3 Å². The van der Waals surface area contributed by atoms with Crippen molar-refractivity contribution in [3.05, 3.63) is 18.3 Å². The second kappa shape index (κ2) is 7.44. The topological polar surface area (TPSA) is 104 Å². The summed E-state index contributed by atoms with van der Waals surface area (Å²) >= 11 is 0. The Hall–Kier alpha value is -2.15. The Morgan fingerprint density at radius 3 is 2.75 bits per heavy atom. The zero-order valence-electron chi connectivity index (χ0n) is 11.8. The van der Waals surface area contributed by atoms with Crippen molar-refractivity contribution in [2.75, 3.05) is 11.9 Å². The zero-order valence-corrected chi connectivity index (χ0v) is 11.8. The van der Waals surface area contributed by atoms with Crippen LogP contribution in [0.15, 0.2) is 18.3 Å². The molecule has 0 aliphatic heterocycles. The van der Waals surface area contributed by atoms with Gasteiger partial charge in [0.1, 0.15) is 5.69 Å². The van der Waals surface area contributed by atoms with Gasteiger partial charge in [-0.15, -0.1) is 0 Å². The Balaban J connectivity index is 2.77. The number of hydrogen-bond acceptors (Lipinski definition) is 6. The van der Waals surface area contributed by atoms with Gasteiger partial charge in [-0.2, -0.15) is 0 Å². The van der Waals surface area contributed by atoms with Crippen molar-refractivity contribution in [1.82, 2.24) is 4.98 Å². The lowest BCUT2D eigenvalue weighted by Gasteiger charge is -2.15. The third-order valence-electron chi connectivity index (χ3n) is 2.20. The van der Waals surface area contributed by atoms with Crippen molar-refractivity contribution >= 4 is 17.6 Å². The Kier molecular flexibility index (Phi) is 5.92. The summed E-state index contributed by atoms with van der Waals surface area (Å²) in [6.07, 6.45) is 1.44. The summed E-state index contributed by atoms with van der Waals surface area (Å²) in [6, 6.07) is 1.86. The molecule has 0 fully saturated rings. The van der Waals surface area contributed by atoms with E-state index >= 15 is 0 Å². The molecule has 1 rings (SSSR count). The fraction of sp³-hybridized carbons (Fsp3) is 0.462. The van der Waals surface area contributed by atoms with Gasteiger partial charge < -0.3 is 20.5 Å². The maximum atomic E-state index is 11.8. The SMILES string of the molecule is CCOC(=O)C(N)C(=O)Nc1cccnc1OC(C)C. The van der Waals surface area contributed by atoms with Crippen LogP contribution in [0.2, 0.25) is 0 Å². The number of carbonyl (C=O) groups is 2. The molecule has 7 heteroatoms. The number of esters is 1. The van der Waals surface area contributed by atoms with Gasteiger partial charge in [0.2, 0.25) is 5.88 Å². The number of rotatable bonds is 6. The number of nitrogens with two attached hydrogens (primary N) is 1. The summed E-state index contributed by atoms with van der Waals surface area (Å²) in [5.74, 6) is -1.18. The van der Waals surface area contributed by atoms with E-state index in [1.54, 1.807) is 25.3 Å². The quantitative estimate of drug-likeness (QED) is 0.587. The van der Waals surface area contributed by atoms with E-state index in [4.69, 9.17) is 10.5 Å². The van der Waals surface area contributed by atoms with Gasteiger partial charge in [-0.1, -0.05) is 0 Å². The van der Waals surface area contributed by atoms with E-state index in [2.05, 4.69) is 15.0 Å². The van der Waals surface area contributed by atoms with Gasteiger partial charge >= 0.3 is 5.97 Å². The number of pyridine rings is 1. The van der Waals surface area contributed by atoms with Gasteiger partial charge in [-0.25, -0.2) is 9.78 Å². The summed E-state index contributed by atoms with van der Waals surface area (Å²) in [7, 11) is 0. The van der Waals surface area contributed by atoms with Crippen LogP contribution in [0.5, 0.6) is 5.88 Å². The first-order valence-electron chi connectivity index (χ1n) is 6.30. The van der Waals surface area contributed by atoms with Gasteiger partial charge in [-0.3, -0.25) is 4.79 Å². The lowest BCUT2D eigenvalue weighted by molar-refractivity contribution is -0.146. The molecule has 0 aliphatic rings. The Morgan fingerprint density at radius 1 is 1.45 bits per heavy atom. The molecule has 0 aromatic carbocycles. The summed E-state index contributed by atoms with van der Waals surface area (Å²) in [4.78, 5) is 27.2. The van der Waals surface area contributed by atoms with Crippen LogP contribution < -0.4 is 15.8 Å². The third-order valence-corrected chi connectivity index (χ3v) is 2.20. The van der Waals surface area contributed by atoms with Crippen LogP contribution in [0.3, 0.4) is 0 Å². The van der Waals surface area contributed by atoms with Crippen LogP contribution in [0, 0.1) is 0 Å². The minimum atomic E-state index is -1.39. The number of ether oxygens (including phenoxy) is 2. The van der Waals surface area contributed by atoms with E-state index in [0.29, 0.717) is 5.69 Å². The molecular weight excluding hydrogens is 262 g/mol. The molecular formula is C13H19N3O4. The van der Waals surface area contributed by atoms with Crippen LogP contribution in [-0.4, -0.2) is 35.6 Å². The predicted molar refractivity (Wildman–Crippen MR) is 73.2 cm³/mol. The molecule has 0 saturated heterocycles. The van der Waals surface area contributed by atoms with Crippen molar-refractivity contribution in [2.24, 2.45) is 5.73 Å². The molecule has 0 aliphatic carbocycles. The van der Waals surface area contributed by atoms with Crippen molar-refractivity contribution in [3.63, 3.8) is 0 Å². The minimum absolute atomic E-state index is 0.0979. The summed E-state index contributed by atoms with van der Waals surface area (Å²) in [5, 5.41) is 2.50. The Labute approximate surface area is 117 Å². The van der Waals surface area contributed by atoms with E-state index < -0.39 is 17.9 Å². The van der Waals surface area contributed by atoms with Gasteiger partial charge in [-0.05, 0) is 32.9 Å². The molecule has 1 heterocycles. The van der Waals surface area contributed by atoms with E-state index in [-0.39, 0.29) is 18.6 Å². The molecule has 0 spiro atoms. The third kappa shape index (κ3) is 4.51. The first-order valence-corrected chi connectivity index (χ1v) is 6.30. The molecule has 1 aromatic rings. The molecule has 20 heavy (non-hydrogen) atoms. The second-order valence-corrected chi connectivity index (χ2v) is 4.24. The highest BCUT2D eigenvalue weighted by Gasteiger charge is 2.24. The number of amides is 1. The minimum Gasteiger partial charge on any atom is -0.473 e. The fourth-order valence-corrected chi connectivity index (χ4v) is 1.35. The average Bonchev–Trinajstić information content (AvgIpc) is 2.39. The number of anilines is 1. The first-order chi connectivity index (χ1) is 9.45. The molecule has 1 amide bonds. The number of aromatic nitrogens is 1. The number of hydrogen-bond donors (Lipinski definition) is 2. The van der Waals surface area contributed by atoms with Crippen LogP contribution in [0.1, 0.15) is 20.8 Å². The van der Waals surface area contributed by atoms with Crippen molar-refractivity contribution in [3.8, 4) is 5.88 Å². The molecule has 7 nitrogen and oxygen atoms in total. The molecule has 0 saturated carbocycles. The molecule has 1 aromatic heterocycles. The smallest absolute Gasteiger partial charge is 0.332 e. The second-order valence-electron chi connectivity index (χ2n) is 4.24. The summed E-state index contributed by atoms with van der Waals surface area (Å²) < 4.78 is 10.1. The lowest BCUT2D eigenvalue weighted by atomic mass is 10.3. The monoisotopic (exact) mass is 281 g/mol. The van der Waals surface area contributed by atoms with Gasteiger partial charge in [0.25, 0.3) is 5.91 Å². The van der Waals surface area contributed by atoms with E-state index in [1.807, 2.05) is 13.8 Å². The van der Waals surface area contributed by atoms with Crippen LogP contribution >= 0.6 is 0 Å². The highest BCUT2D eigenvalue weighted by molar-refractivity contribution is 6.08. The van der Waals surface area contributed by atoms with Gasteiger partial charge in [0.05, 0.1) is 12.7 Å². The average molecular weight is 281 g/mol. The highest BCUT2D eigenvalue weighted by atomic mass is 16.5. The molecule has 110 valence electrons. The zero-order chi connectivity index (χ0) is 15.1. The normalized spacial score (nSPS) is 11.8. The maximum absolute atomic E-state index is 11.8.